The van der Waals surface area contributed by atoms with Crippen LogP contribution >= 0.6 is 11.6 Å². The molecule has 0 saturated heterocycles. The highest BCUT2D eigenvalue weighted by Crippen LogP contribution is 2.25. The molecule has 0 radical (unpaired) electrons. The summed E-state index contributed by atoms with van der Waals surface area (Å²) in [5, 5.41) is 12.0. The number of aromatic nitrogens is 4. The second-order valence-electron chi connectivity index (χ2n) is 6.88. The Kier molecular flexibility index (Phi) is 5.61. The number of carboxylic acids is 1. The van der Waals surface area contributed by atoms with Crippen LogP contribution in [0.15, 0.2) is 53.7 Å². The molecule has 10 nitrogen and oxygen atoms in total. The van der Waals surface area contributed by atoms with Crippen molar-refractivity contribution in [3.63, 3.8) is 0 Å². The number of imidazole rings is 1. The first-order valence-corrected chi connectivity index (χ1v) is 9.68. The number of carbonyl (C=O) groups is 2. The highest BCUT2D eigenvalue weighted by atomic mass is 35.5. The second kappa shape index (κ2) is 8.52. The maximum atomic E-state index is 12.0. The van der Waals surface area contributed by atoms with Gasteiger partial charge in [0.05, 0.1) is 33.8 Å². The van der Waals surface area contributed by atoms with Crippen LogP contribution in [0.2, 0.25) is 5.02 Å². The van der Waals surface area contributed by atoms with Crippen molar-refractivity contribution in [1.82, 2.24) is 19.5 Å². The van der Waals surface area contributed by atoms with Gasteiger partial charge in [0.2, 0.25) is 5.69 Å². The van der Waals surface area contributed by atoms with Gasteiger partial charge in [-0.2, -0.15) is 0 Å². The van der Waals surface area contributed by atoms with E-state index in [0.717, 1.165) is 5.56 Å². The van der Waals surface area contributed by atoms with Gasteiger partial charge in [-0.25, -0.2) is 19.6 Å². The Morgan fingerprint density at radius 1 is 1.25 bits per heavy atom. The summed E-state index contributed by atoms with van der Waals surface area (Å²) in [5.41, 5.74) is 1.70. The number of rotatable bonds is 5. The molecule has 1 amide bonds. The van der Waals surface area contributed by atoms with Crippen molar-refractivity contribution < 1.29 is 19.4 Å². The lowest BCUT2D eigenvalue weighted by Gasteiger charge is -2.08. The number of H-pyrrole nitrogens is 1. The minimum absolute atomic E-state index is 0.0787. The number of hydrogen-bond donors (Lipinski definition) is 3. The number of aryl methyl sites for hydroxylation is 1. The SMILES string of the molecule is Cc1ccc(NC(=O)OCc2cn(-c3cc4nc(C(=O)O)c(=O)[nH]c4cc3Cl)cn2)cc1. The zero-order valence-electron chi connectivity index (χ0n) is 16.6. The molecule has 0 atom stereocenters. The number of hydrogen-bond acceptors (Lipinski definition) is 6. The van der Waals surface area contributed by atoms with Gasteiger partial charge >= 0.3 is 12.1 Å². The van der Waals surface area contributed by atoms with Crippen molar-refractivity contribution in [2.75, 3.05) is 5.32 Å². The van der Waals surface area contributed by atoms with Crippen molar-refractivity contribution in [2.24, 2.45) is 0 Å². The molecular weight excluding hydrogens is 438 g/mol. The number of aromatic amines is 1. The summed E-state index contributed by atoms with van der Waals surface area (Å²) in [5.74, 6) is -1.43. The van der Waals surface area contributed by atoms with Crippen molar-refractivity contribution in [1.29, 1.82) is 0 Å². The molecule has 32 heavy (non-hydrogen) atoms. The molecule has 2 aromatic heterocycles. The van der Waals surface area contributed by atoms with Gasteiger partial charge in [-0.1, -0.05) is 29.3 Å². The summed E-state index contributed by atoms with van der Waals surface area (Å²) < 4.78 is 6.77. The van der Waals surface area contributed by atoms with Gasteiger partial charge < -0.3 is 19.4 Å². The van der Waals surface area contributed by atoms with E-state index in [1.165, 1.54) is 18.5 Å². The highest BCUT2D eigenvalue weighted by molar-refractivity contribution is 6.33. The number of carboxylic acid groups (broad SMARTS) is 1. The molecular formula is C21H16ClN5O5. The average molecular weight is 454 g/mol. The number of benzene rings is 2. The molecule has 2 aromatic carbocycles. The molecule has 0 unspecified atom stereocenters. The monoisotopic (exact) mass is 453 g/mol. The van der Waals surface area contributed by atoms with Gasteiger partial charge in [0.25, 0.3) is 5.56 Å². The summed E-state index contributed by atoms with van der Waals surface area (Å²) in [7, 11) is 0. The van der Waals surface area contributed by atoms with Gasteiger partial charge in [-0.15, -0.1) is 0 Å². The van der Waals surface area contributed by atoms with Gasteiger partial charge in [-0.05, 0) is 31.2 Å². The number of aromatic carboxylic acids is 1. The van der Waals surface area contributed by atoms with E-state index in [9.17, 15) is 14.4 Å². The molecule has 2 heterocycles. The van der Waals surface area contributed by atoms with Crippen LogP contribution in [0.25, 0.3) is 16.7 Å². The molecule has 0 saturated carbocycles. The van der Waals surface area contributed by atoms with Gasteiger partial charge in [0.1, 0.15) is 6.61 Å². The summed E-state index contributed by atoms with van der Waals surface area (Å²) in [6.07, 6.45) is 2.45. The van der Waals surface area contributed by atoms with Crippen molar-refractivity contribution in [2.45, 2.75) is 13.5 Å². The third-order valence-corrected chi connectivity index (χ3v) is 4.83. The Bertz CT molecular complexity index is 1390. The Morgan fingerprint density at radius 2 is 2.00 bits per heavy atom. The molecule has 0 fully saturated rings. The smallest absolute Gasteiger partial charge is 0.412 e. The number of fused-ring (bicyclic) bond motifs is 1. The molecule has 3 N–H and O–H groups in total. The predicted molar refractivity (Wildman–Crippen MR) is 116 cm³/mol. The highest BCUT2D eigenvalue weighted by Gasteiger charge is 2.15. The minimum Gasteiger partial charge on any atom is -0.476 e. The summed E-state index contributed by atoms with van der Waals surface area (Å²) >= 11 is 6.32. The number of anilines is 1. The normalized spacial score (nSPS) is 10.8. The number of nitrogens with one attached hydrogen (secondary N) is 2. The van der Waals surface area contributed by atoms with Crippen LogP contribution in [0, 0.1) is 6.92 Å². The molecule has 0 spiro atoms. The number of nitrogens with zero attached hydrogens (tertiary/aromatic N) is 3. The van der Waals surface area contributed by atoms with E-state index >= 15 is 0 Å². The zero-order chi connectivity index (χ0) is 22.8. The Hall–Kier alpha value is -4.18. The molecule has 0 bridgehead atoms. The largest absolute Gasteiger partial charge is 0.476 e. The first-order valence-electron chi connectivity index (χ1n) is 9.31. The zero-order valence-corrected chi connectivity index (χ0v) is 17.4. The number of ether oxygens (including phenoxy) is 1. The van der Waals surface area contributed by atoms with Crippen molar-refractivity contribution in [3.05, 3.63) is 81.3 Å². The van der Waals surface area contributed by atoms with Gasteiger partial charge in [0.15, 0.2) is 0 Å². The van der Waals surface area contributed by atoms with E-state index in [4.69, 9.17) is 21.4 Å². The lowest BCUT2D eigenvalue weighted by Crippen LogP contribution is -2.19. The fraction of sp³-hybridized carbons (Fsp3) is 0.0952. The molecule has 4 aromatic rings. The Morgan fingerprint density at radius 3 is 2.72 bits per heavy atom. The van der Waals surface area contributed by atoms with E-state index in [0.29, 0.717) is 22.6 Å². The van der Waals surface area contributed by atoms with E-state index in [2.05, 4.69) is 20.3 Å². The summed E-state index contributed by atoms with van der Waals surface area (Å²) in [4.78, 5) is 45.5. The van der Waals surface area contributed by atoms with Crippen LogP contribution < -0.4 is 10.9 Å². The van der Waals surface area contributed by atoms with Crippen LogP contribution in [0.4, 0.5) is 10.5 Å². The van der Waals surface area contributed by atoms with E-state index in [-0.39, 0.29) is 17.1 Å². The van der Waals surface area contributed by atoms with Crippen LogP contribution in [0.3, 0.4) is 0 Å². The lowest BCUT2D eigenvalue weighted by molar-refractivity contribution is 0.0688. The van der Waals surface area contributed by atoms with E-state index in [1.54, 1.807) is 22.9 Å². The average Bonchev–Trinajstić information content (AvgIpc) is 3.22. The lowest BCUT2D eigenvalue weighted by atomic mass is 10.2. The topological polar surface area (TPSA) is 139 Å². The van der Waals surface area contributed by atoms with Gasteiger partial charge in [0, 0.05) is 11.9 Å². The van der Waals surface area contributed by atoms with E-state index < -0.39 is 23.3 Å². The number of halogens is 1. The Labute approximate surface area is 185 Å². The van der Waals surface area contributed by atoms with Crippen LogP contribution in [0.1, 0.15) is 21.7 Å². The van der Waals surface area contributed by atoms with Crippen molar-refractivity contribution in [3.8, 4) is 5.69 Å². The molecule has 162 valence electrons. The summed E-state index contributed by atoms with van der Waals surface area (Å²) in [6.45, 7) is 1.87. The molecule has 0 aliphatic rings. The maximum absolute atomic E-state index is 12.0. The fourth-order valence-corrected chi connectivity index (χ4v) is 3.20. The number of carbonyl (C=O) groups excluding carboxylic acids is 1. The minimum atomic E-state index is -1.43. The molecule has 0 aliphatic heterocycles. The maximum Gasteiger partial charge on any atom is 0.412 e. The number of amides is 1. The first kappa shape index (κ1) is 21.1. The predicted octanol–water partition coefficient (Wildman–Crippen LogP) is 3.52. The molecule has 0 aliphatic carbocycles. The third kappa shape index (κ3) is 4.44. The quantitative estimate of drug-likeness (QED) is 0.420. The second-order valence-corrected chi connectivity index (χ2v) is 7.29. The molecule has 4 rings (SSSR count). The first-order chi connectivity index (χ1) is 15.3. The fourth-order valence-electron chi connectivity index (χ4n) is 2.94. The van der Waals surface area contributed by atoms with Gasteiger partial charge in [-0.3, -0.25) is 10.1 Å². The van der Waals surface area contributed by atoms with Crippen LogP contribution in [-0.4, -0.2) is 36.7 Å². The van der Waals surface area contributed by atoms with Crippen molar-refractivity contribution >= 4 is 40.4 Å². The third-order valence-electron chi connectivity index (χ3n) is 4.53. The van der Waals surface area contributed by atoms with Crippen LogP contribution in [0.5, 0.6) is 0 Å². The van der Waals surface area contributed by atoms with E-state index in [1.807, 2.05) is 19.1 Å². The Balaban J connectivity index is 1.51. The van der Waals surface area contributed by atoms with Crippen LogP contribution in [-0.2, 0) is 11.3 Å². The summed E-state index contributed by atoms with van der Waals surface area (Å²) in [6, 6.07) is 10.3. The molecule has 11 heteroatoms. The standard InChI is InChI=1S/C21H16ClN5O5/c1-11-2-4-12(5-3-11)24-21(31)32-9-13-8-27(10-23-13)17-7-16-15(6-14(17)22)26-19(28)18(25-16)20(29)30/h2-8,10H,9H2,1H3,(H,24,31)(H,26,28)(H,29,30).